The van der Waals surface area contributed by atoms with Crippen molar-refractivity contribution in [1.29, 1.82) is 0 Å². The van der Waals surface area contributed by atoms with Gasteiger partial charge in [-0.3, -0.25) is 0 Å². The number of hydrogen-bond acceptors (Lipinski definition) is 3. The third kappa shape index (κ3) is 5.37. The molecule has 0 aliphatic heterocycles. The molecule has 0 bridgehead atoms. The number of hydrogen-bond donors (Lipinski definition) is 2. The van der Waals surface area contributed by atoms with Crippen LogP contribution in [0.25, 0.3) is 0 Å². The van der Waals surface area contributed by atoms with E-state index in [1.165, 1.54) is 13.2 Å². The van der Waals surface area contributed by atoms with E-state index in [9.17, 15) is 18.3 Å². The van der Waals surface area contributed by atoms with Gasteiger partial charge in [-0.1, -0.05) is 25.8 Å². The number of unbranched alkanes of at least 4 members (excludes halogenated alkanes) is 1. The summed E-state index contributed by atoms with van der Waals surface area (Å²) in [5.74, 6) is 0.0443. The molecule has 1 aromatic rings. The predicted octanol–water partition coefficient (Wildman–Crippen LogP) is 3.69. The van der Waals surface area contributed by atoms with Crippen molar-refractivity contribution in [3.63, 3.8) is 0 Å². The Kier molecular flexibility index (Phi) is 8.06. The van der Waals surface area contributed by atoms with Gasteiger partial charge in [0, 0.05) is 5.56 Å². The molecule has 0 heterocycles. The summed E-state index contributed by atoms with van der Waals surface area (Å²) in [6.45, 7) is 1.98. The standard InChI is InChI=1S/C14H20F3NO2.ClH/c1-3-4-5-11(19)13(18)10-7-6-9(14(15,16)17)8-12(10)20-2;/h6-8,11,13,19H,3-5,18H2,1-2H3;1H/t11-,13+;/m1./s1. The number of alkyl halides is 3. The van der Waals surface area contributed by atoms with Crippen molar-refractivity contribution in [3.05, 3.63) is 29.3 Å². The van der Waals surface area contributed by atoms with Crippen molar-refractivity contribution in [3.8, 4) is 5.75 Å². The average Bonchev–Trinajstić information content (AvgIpc) is 2.42. The Balaban J connectivity index is 0.00000400. The van der Waals surface area contributed by atoms with E-state index in [1.807, 2.05) is 6.92 Å². The monoisotopic (exact) mass is 327 g/mol. The largest absolute Gasteiger partial charge is 0.496 e. The van der Waals surface area contributed by atoms with Gasteiger partial charge in [0.15, 0.2) is 0 Å². The Hall–Kier alpha value is -0.980. The first kappa shape index (κ1) is 20.0. The van der Waals surface area contributed by atoms with Crippen molar-refractivity contribution >= 4 is 12.4 Å². The topological polar surface area (TPSA) is 55.5 Å². The van der Waals surface area contributed by atoms with Crippen molar-refractivity contribution in [2.24, 2.45) is 5.73 Å². The zero-order valence-electron chi connectivity index (χ0n) is 12.0. The van der Waals surface area contributed by atoms with E-state index in [1.54, 1.807) is 0 Å². The Morgan fingerprint density at radius 2 is 1.95 bits per heavy atom. The van der Waals surface area contributed by atoms with Crippen LogP contribution in [-0.2, 0) is 6.18 Å². The molecule has 0 fully saturated rings. The number of methoxy groups -OCH3 is 1. The summed E-state index contributed by atoms with van der Waals surface area (Å²) in [6.07, 6.45) is -3.02. The van der Waals surface area contributed by atoms with Crippen LogP contribution >= 0.6 is 12.4 Å². The highest BCUT2D eigenvalue weighted by atomic mass is 35.5. The summed E-state index contributed by atoms with van der Waals surface area (Å²) in [4.78, 5) is 0. The molecule has 1 aromatic carbocycles. The van der Waals surface area contributed by atoms with Crippen LogP contribution in [0.2, 0.25) is 0 Å². The molecule has 0 aliphatic carbocycles. The highest BCUT2D eigenvalue weighted by molar-refractivity contribution is 5.85. The van der Waals surface area contributed by atoms with E-state index in [-0.39, 0.29) is 18.2 Å². The third-order valence-electron chi connectivity index (χ3n) is 3.19. The predicted molar refractivity (Wildman–Crippen MR) is 77.7 cm³/mol. The van der Waals surface area contributed by atoms with Gasteiger partial charge >= 0.3 is 6.18 Å². The Morgan fingerprint density at radius 3 is 2.43 bits per heavy atom. The number of aliphatic hydroxyl groups is 1. The van der Waals surface area contributed by atoms with Gasteiger partial charge < -0.3 is 15.6 Å². The van der Waals surface area contributed by atoms with Gasteiger partial charge in [0.05, 0.1) is 24.8 Å². The van der Waals surface area contributed by atoms with E-state index in [0.29, 0.717) is 12.0 Å². The number of aliphatic hydroxyl groups excluding tert-OH is 1. The van der Waals surface area contributed by atoms with Crippen molar-refractivity contribution in [2.75, 3.05) is 7.11 Å². The van der Waals surface area contributed by atoms with Gasteiger partial charge in [-0.25, -0.2) is 0 Å². The molecule has 2 atom stereocenters. The van der Waals surface area contributed by atoms with Gasteiger partial charge in [0.2, 0.25) is 0 Å². The van der Waals surface area contributed by atoms with E-state index < -0.39 is 23.9 Å². The molecule has 0 radical (unpaired) electrons. The van der Waals surface area contributed by atoms with Crippen molar-refractivity contribution < 1.29 is 23.0 Å². The maximum atomic E-state index is 12.6. The van der Waals surface area contributed by atoms with Gasteiger partial charge in [0.1, 0.15) is 5.75 Å². The Morgan fingerprint density at radius 1 is 1.33 bits per heavy atom. The number of rotatable bonds is 6. The summed E-state index contributed by atoms with van der Waals surface area (Å²) in [5, 5.41) is 9.95. The molecule has 3 N–H and O–H groups in total. The van der Waals surface area contributed by atoms with Gasteiger partial charge in [-0.15, -0.1) is 12.4 Å². The number of ether oxygens (including phenoxy) is 1. The van der Waals surface area contributed by atoms with Gasteiger partial charge in [-0.05, 0) is 18.6 Å². The molecule has 0 unspecified atom stereocenters. The molecule has 0 aromatic heterocycles. The second-order valence-corrected chi connectivity index (χ2v) is 4.69. The number of halogens is 4. The summed E-state index contributed by atoms with van der Waals surface area (Å²) in [7, 11) is 1.28. The molecule has 122 valence electrons. The quantitative estimate of drug-likeness (QED) is 0.838. The fourth-order valence-corrected chi connectivity index (χ4v) is 1.96. The normalized spacial score (nSPS) is 14.2. The number of nitrogens with two attached hydrogens (primary N) is 1. The number of benzene rings is 1. The van der Waals surface area contributed by atoms with E-state index >= 15 is 0 Å². The minimum atomic E-state index is -4.43. The van der Waals surface area contributed by atoms with Crippen LogP contribution in [0, 0.1) is 0 Å². The fraction of sp³-hybridized carbons (Fsp3) is 0.571. The first-order chi connectivity index (χ1) is 9.31. The van der Waals surface area contributed by atoms with Crippen molar-refractivity contribution in [2.45, 2.75) is 44.5 Å². The zero-order chi connectivity index (χ0) is 15.3. The molecule has 0 aliphatic rings. The van der Waals surface area contributed by atoms with Crippen LogP contribution in [0.15, 0.2) is 18.2 Å². The highest BCUT2D eigenvalue weighted by Crippen LogP contribution is 2.35. The lowest BCUT2D eigenvalue weighted by molar-refractivity contribution is -0.137. The van der Waals surface area contributed by atoms with Crippen LogP contribution in [0.5, 0.6) is 5.75 Å². The van der Waals surface area contributed by atoms with Crippen LogP contribution in [0.4, 0.5) is 13.2 Å². The van der Waals surface area contributed by atoms with Crippen molar-refractivity contribution in [1.82, 2.24) is 0 Å². The van der Waals surface area contributed by atoms with E-state index in [2.05, 4.69) is 0 Å². The second-order valence-electron chi connectivity index (χ2n) is 4.69. The molecule has 0 saturated heterocycles. The van der Waals surface area contributed by atoms with Crippen LogP contribution in [0.3, 0.4) is 0 Å². The van der Waals surface area contributed by atoms with E-state index in [0.717, 1.165) is 25.0 Å². The lowest BCUT2D eigenvalue weighted by atomic mass is 9.96. The van der Waals surface area contributed by atoms with Crippen LogP contribution in [-0.4, -0.2) is 18.3 Å². The molecule has 21 heavy (non-hydrogen) atoms. The fourth-order valence-electron chi connectivity index (χ4n) is 1.96. The van der Waals surface area contributed by atoms with Crippen LogP contribution < -0.4 is 10.5 Å². The SMILES string of the molecule is CCCC[C@@H](O)[C@@H](N)c1ccc(C(F)(F)F)cc1OC.Cl. The second kappa shape index (κ2) is 8.46. The molecule has 7 heteroatoms. The summed E-state index contributed by atoms with van der Waals surface area (Å²) in [6, 6.07) is 2.35. The van der Waals surface area contributed by atoms with E-state index in [4.69, 9.17) is 10.5 Å². The first-order valence-corrected chi connectivity index (χ1v) is 6.50. The molecule has 0 saturated carbocycles. The highest BCUT2D eigenvalue weighted by Gasteiger charge is 2.32. The molecular weight excluding hydrogens is 307 g/mol. The summed E-state index contributed by atoms with van der Waals surface area (Å²) >= 11 is 0. The first-order valence-electron chi connectivity index (χ1n) is 6.50. The Labute approximate surface area is 128 Å². The smallest absolute Gasteiger partial charge is 0.416 e. The third-order valence-corrected chi connectivity index (χ3v) is 3.19. The molecule has 0 spiro atoms. The molecule has 1 rings (SSSR count). The average molecular weight is 328 g/mol. The minimum Gasteiger partial charge on any atom is -0.496 e. The summed E-state index contributed by atoms with van der Waals surface area (Å²) in [5.41, 5.74) is 5.48. The van der Waals surface area contributed by atoms with Crippen LogP contribution in [0.1, 0.15) is 43.4 Å². The van der Waals surface area contributed by atoms with Gasteiger partial charge in [-0.2, -0.15) is 13.2 Å². The lowest BCUT2D eigenvalue weighted by Gasteiger charge is -2.22. The Bertz CT molecular complexity index is 441. The maximum absolute atomic E-state index is 12.6. The molecular formula is C14H21ClF3NO2. The molecule has 0 amide bonds. The maximum Gasteiger partial charge on any atom is 0.416 e. The lowest BCUT2D eigenvalue weighted by Crippen LogP contribution is -2.26. The minimum absolute atomic E-state index is 0. The summed E-state index contributed by atoms with van der Waals surface area (Å²) < 4.78 is 42.8. The molecule has 3 nitrogen and oxygen atoms in total. The van der Waals surface area contributed by atoms with Gasteiger partial charge in [0.25, 0.3) is 0 Å². The zero-order valence-corrected chi connectivity index (χ0v) is 12.8.